The number of pyridine rings is 1. The van der Waals surface area contributed by atoms with Gasteiger partial charge in [0.25, 0.3) is 0 Å². The number of halogens is 4. The lowest BCUT2D eigenvalue weighted by Crippen LogP contribution is -2.27. The molecule has 0 aliphatic rings. The van der Waals surface area contributed by atoms with Crippen LogP contribution in [0.25, 0.3) is 10.9 Å². The molecule has 5 aromatic rings. The average molecular weight is 576 g/mol. The molecule has 3 aromatic carbocycles. The molecule has 0 saturated carbocycles. The van der Waals surface area contributed by atoms with E-state index in [-0.39, 0.29) is 17.4 Å². The van der Waals surface area contributed by atoms with Crippen LogP contribution in [-0.4, -0.2) is 22.0 Å². The van der Waals surface area contributed by atoms with Gasteiger partial charge in [0.05, 0.1) is 10.6 Å². The lowest BCUT2D eigenvalue weighted by Gasteiger charge is -2.19. The van der Waals surface area contributed by atoms with Crippen molar-refractivity contribution in [2.45, 2.75) is 38.4 Å². The zero-order chi connectivity index (χ0) is 29.0. The minimum atomic E-state index is -4.62. The highest BCUT2D eigenvalue weighted by Crippen LogP contribution is 2.40. The summed E-state index contributed by atoms with van der Waals surface area (Å²) >= 11 is 5.96. The number of aromatic nitrogens is 2. The van der Waals surface area contributed by atoms with E-state index in [9.17, 15) is 18.0 Å². The van der Waals surface area contributed by atoms with Crippen LogP contribution in [0.15, 0.2) is 97.3 Å². The van der Waals surface area contributed by atoms with E-state index in [0.29, 0.717) is 25.1 Å². The van der Waals surface area contributed by atoms with Crippen molar-refractivity contribution in [3.05, 3.63) is 136 Å². The molecule has 0 bridgehead atoms. The molecule has 1 N–H and O–H groups in total. The Morgan fingerprint density at radius 1 is 1.00 bits per heavy atom. The Morgan fingerprint density at radius 3 is 2.49 bits per heavy atom. The van der Waals surface area contributed by atoms with Crippen molar-refractivity contribution in [2.24, 2.45) is 0 Å². The molecule has 0 unspecified atom stereocenters. The van der Waals surface area contributed by atoms with Gasteiger partial charge in [0.2, 0.25) is 5.91 Å². The maximum absolute atomic E-state index is 13.8. The van der Waals surface area contributed by atoms with Crippen LogP contribution in [-0.2, 0) is 23.9 Å². The summed E-state index contributed by atoms with van der Waals surface area (Å²) in [5.41, 5.74) is 4.27. The van der Waals surface area contributed by atoms with Gasteiger partial charge >= 0.3 is 6.18 Å². The molecule has 0 fully saturated rings. The number of carbonyl (C=O) groups excluding carboxylic acids is 1. The van der Waals surface area contributed by atoms with Gasteiger partial charge in [0.15, 0.2) is 0 Å². The van der Waals surface area contributed by atoms with E-state index in [1.807, 2.05) is 67.7 Å². The summed E-state index contributed by atoms with van der Waals surface area (Å²) in [6, 6.07) is 25.5. The molecule has 1 amide bonds. The highest BCUT2D eigenvalue weighted by molar-refractivity contribution is 6.31. The molecule has 1 atom stereocenters. The number of rotatable bonds is 9. The van der Waals surface area contributed by atoms with E-state index in [2.05, 4.69) is 27.0 Å². The van der Waals surface area contributed by atoms with Crippen LogP contribution >= 0.6 is 11.6 Å². The van der Waals surface area contributed by atoms with Crippen LogP contribution in [0.5, 0.6) is 0 Å². The zero-order valence-corrected chi connectivity index (χ0v) is 23.2. The zero-order valence-electron chi connectivity index (χ0n) is 22.5. The van der Waals surface area contributed by atoms with E-state index in [0.717, 1.165) is 39.4 Å². The van der Waals surface area contributed by atoms with Gasteiger partial charge in [0.1, 0.15) is 0 Å². The molecule has 0 saturated heterocycles. The summed E-state index contributed by atoms with van der Waals surface area (Å²) < 4.78 is 43.6. The third-order valence-corrected chi connectivity index (χ3v) is 7.52. The number of amides is 1. The second-order valence-electron chi connectivity index (χ2n) is 10.1. The topological polar surface area (TPSA) is 46.9 Å². The maximum atomic E-state index is 13.8. The van der Waals surface area contributed by atoms with Crippen molar-refractivity contribution in [1.29, 1.82) is 0 Å². The first-order chi connectivity index (χ1) is 19.7. The van der Waals surface area contributed by atoms with Crippen molar-refractivity contribution in [1.82, 2.24) is 14.9 Å². The van der Waals surface area contributed by atoms with Crippen molar-refractivity contribution in [2.75, 3.05) is 6.54 Å². The number of alkyl halides is 3. The summed E-state index contributed by atoms with van der Waals surface area (Å²) in [6.45, 7) is 2.98. The molecular formula is C33H29ClF3N3O. The molecule has 0 aliphatic heterocycles. The van der Waals surface area contributed by atoms with Crippen LogP contribution in [0.2, 0.25) is 5.02 Å². The smallest absolute Gasteiger partial charge is 0.356 e. The first kappa shape index (κ1) is 28.4. The quantitative estimate of drug-likeness (QED) is 0.194. The van der Waals surface area contributed by atoms with Crippen molar-refractivity contribution < 1.29 is 18.0 Å². The van der Waals surface area contributed by atoms with Crippen LogP contribution in [0.1, 0.15) is 45.8 Å². The maximum Gasteiger partial charge on any atom is 0.417 e. The Balaban J connectivity index is 1.51. The second-order valence-corrected chi connectivity index (χ2v) is 10.5. The Kier molecular flexibility index (Phi) is 8.45. The Bertz CT molecular complexity index is 1650. The number of hydrogen-bond acceptors (Lipinski definition) is 2. The molecule has 2 heterocycles. The first-order valence-corrected chi connectivity index (χ1v) is 13.7. The van der Waals surface area contributed by atoms with Crippen LogP contribution in [0.3, 0.4) is 0 Å². The summed E-state index contributed by atoms with van der Waals surface area (Å²) in [7, 11) is 0. The molecule has 0 aliphatic carbocycles. The number of benzene rings is 3. The van der Waals surface area contributed by atoms with Gasteiger partial charge < -0.3 is 9.88 Å². The second kappa shape index (κ2) is 12.2. The number of nitrogens with one attached hydrogen (secondary N) is 1. The summed E-state index contributed by atoms with van der Waals surface area (Å²) in [4.78, 5) is 17.5. The minimum absolute atomic E-state index is 0.0281. The van der Waals surface area contributed by atoms with Crippen molar-refractivity contribution >= 4 is 28.4 Å². The van der Waals surface area contributed by atoms with Crippen LogP contribution < -0.4 is 5.32 Å². The average Bonchev–Trinajstić information content (AvgIpc) is 3.31. The fourth-order valence-electron chi connectivity index (χ4n) is 5.09. The van der Waals surface area contributed by atoms with E-state index in [1.165, 1.54) is 6.07 Å². The molecule has 4 nitrogen and oxygen atoms in total. The molecule has 0 spiro atoms. The molecule has 5 rings (SSSR count). The van der Waals surface area contributed by atoms with Crippen molar-refractivity contribution in [3.8, 4) is 0 Å². The molecular weight excluding hydrogens is 547 g/mol. The summed E-state index contributed by atoms with van der Waals surface area (Å²) in [5.74, 6) is -0.891. The number of nitrogens with zero attached hydrogens (tertiary/aromatic N) is 2. The molecule has 0 radical (unpaired) electrons. The monoisotopic (exact) mass is 575 g/mol. The predicted molar refractivity (Wildman–Crippen MR) is 156 cm³/mol. The molecule has 210 valence electrons. The number of fused-ring (bicyclic) bond motifs is 1. The predicted octanol–water partition coefficient (Wildman–Crippen LogP) is 7.95. The molecule has 2 aromatic heterocycles. The standard InChI is InChI=1S/C33H29ClF3N3O/c1-22-9-11-23(12-10-22)20-40-21-28(26-7-2-3-8-31(26)40)27(24-13-14-30(34)29(18-24)33(35,36)37)19-32(41)39-17-15-25-6-4-5-16-38-25/h2-14,16,18,21,27H,15,17,19-20H2,1H3,(H,39,41)/t27-/m1/s1. The van der Waals surface area contributed by atoms with Gasteiger partial charge in [-0.1, -0.05) is 71.8 Å². The number of aryl methyl sites for hydroxylation is 1. The van der Waals surface area contributed by atoms with E-state index in [1.54, 1.807) is 12.3 Å². The Labute approximate surface area is 241 Å². The lowest BCUT2D eigenvalue weighted by atomic mass is 9.87. The normalized spacial score (nSPS) is 12.4. The minimum Gasteiger partial charge on any atom is -0.356 e. The third-order valence-electron chi connectivity index (χ3n) is 7.19. The highest BCUT2D eigenvalue weighted by atomic mass is 35.5. The van der Waals surface area contributed by atoms with Crippen molar-refractivity contribution in [3.63, 3.8) is 0 Å². The fraction of sp³-hybridized carbons (Fsp3) is 0.212. The number of carbonyl (C=O) groups is 1. The Morgan fingerprint density at radius 2 is 1.76 bits per heavy atom. The Hall–Kier alpha value is -4.10. The first-order valence-electron chi connectivity index (χ1n) is 13.4. The van der Waals surface area contributed by atoms with Gasteiger partial charge in [-0.15, -0.1) is 0 Å². The number of para-hydroxylation sites is 1. The van der Waals surface area contributed by atoms with E-state index < -0.39 is 17.7 Å². The highest BCUT2D eigenvalue weighted by Gasteiger charge is 2.34. The van der Waals surface area contributed by atoms with E-state index in [4.69, 9.17) is 11.6 Å². The van der Waals surface area contributed by atoms with Gasteiger partial charge in [-0.05, 0) is 53.9 Å². The lowest BCUT2D eigenvalue weighted by molar-refractivity contribution is -0.137. The fourth-order valence-corrected chi connectivity index (χ4v) is 5.32. The third kappa shape index (κ3) is 6.80. The molecule has 8 heteroatoms. The van der Waals surface area contributed by atoms with Crippen LogP contribution in [0, 0.1) is 6.92 Å². The summed E-state index contributed by atoms with van der Waals surface area (Å²) in [6.07, 6.45) is -0.454. The van der Waals surface area contributed by atoms with Crippen LogP contribution in [0.4, 0.5) is 13.2 Å². The van der Waals surface area contributed by atoms with Gasteiger partial charge in [-0.3, -0.25) is 9.78 Å². The largest absolute Gasteiger partial charge is 0.417 e. The SMILES string of the molecule is Cc1ccc(Cn2cc([C@H](CC(=O)NCCc3ccccn3)c3ccc(Cl)c(C(F)(F)F)c3)c3ccccc32)cc1. The number of hydrogen-bond donors (Lipinski definition) is 1. The van der Waals surface area contributed by atoms with Gasteiger partial charge in [-0.25, -0.2) is 0 Å². The molecule has 41 heavy (non-hydrogen) atoms. The van der Waals surface area contributed by atoms with E-state index >= 15 is 0 Å². The van der Waals surface area contributed by atoms with Gasteiger partial charge in [0, 0.05) is 60.8 Å². The van der Waals surface area contributed by atoms with Gasteiger partial charge in [-0.2, -0.15) is 13.2 Å². The summed E-state index contributed by atoms with van der Waals surface area (Å²) in [5, 5.41) is 3.43.